The molecule has 2 aromatic carbocycles. The lowest BCUT2D eigenvalue weighted by Gasteiger charge is -2.29. The maximum absolute atomic E-state index is 12.0. The summed E-state index contributed by atoms with van der Waals surface area (Å²) in [6, 6.07) is 14.5. The molecule has 0 radical (unpaired) electrons. The van der Waals surface area contributed by atoms with Crippen LogP contribution >= 0.6 is 0 Å². The number of para-hydroxylation sites is 1. The van der Waals surface area contributed by atoms with Crippen molar-refractivity contribution in [1.29, 1.82) is 0 Å². The van der Waals surface area contributed by atoms with Gasteiger partial charge in [-0.05, 0) is 48.7 Å². The summed E-state index contributed by atoms with van der Waals surface area (Å²) < 4.78 is 5.22. The molecule has 0 atom stereocenters. The first-order valence-corrected chi connectivity index (χ1v) is 8.14. The van der Waals surface area contributed by atoms with E-state index in [1.54, 1.807) is 30.3 Å². The molecule has 5 heteroatoms. The second-order valence-corrected chi connectivity index (χ2v) is 5.72. The van der Waals surface area contributed by atoms with Gasteiger partial charge in [0.25, 0.3) is 0 Å². The number of aryl methyl sites for hydroxylation is 1. The van der Waals surface area contributed by atoms with E-state index in [0.717, 1.165) is 17.7 Å². The second-order valence-electron chi connectivity index (χ2n) is 5.72. The number of anilines is 2. The van der Waals surface area contributed by atoms with Crippen LogP contribution < -0.4 is 15.0 Å². The van der Waals surface area contributed by atoms with E-state index in [1.807, 2.05) is 23.1 Å². The third-order valence-electron chi connectivity index (χ3n) is 3.93. The van der Waals surface area contributed by atoms with Gasteiger partial charge in [-0.3, -0.25) is 10.1 Å². The lowest BCUT2D eigenvalue weighted by molar-refractivity contribution is -0.118. The number of amides is 2. The molecule has 5 nitrogen and oxygen atoms in total. The molecule has 0 spiro atoms. The smallest absolute Gasteiger partial charge is 0.410 e. The highest BCUT2D eigenvalue weighted by atomic mass is 16.6. The molecule has 0 saturated heterocycles. The molecule has 3 rings (SSSR count). The van der Waals surface area contributed by atoms with Crippen LogP contribution in [0.5, 0.6) is 5.75 Å². The van der Waals surface area contributed by atoms with Crippen LogP contribution in [0.3, 0.4) is 0 Å². The standard InChI is InChI=1S/C19H20N2O3/c1-2-12-21-17-10-9-15(13-14(17)8-11-18(21)22)20-19(23)24-16-6-4-3-5-7-16/h3-7,9-10,13H,2,8,11-12H2,1H3,(H,20,23). The van der Waals surface area contributed by atoms with Gasteiger partial charge in [-0.1, -0.05) is 25.1 Å². The van der Waals surface area contributed by atoms with Crippen LogP contribution in [0, 0.1) is 0 Å². The van der Waals surface area contributed by atoms with E-state index in [9.17, 15) is 9.59 Å². The van der Waals surface area contributed by atoms with E-state index >= 15 is 0 Å². The van der Waals surface area contributed by atoms with Crippen LogP contribution in [-0.2, 0) is 11.2 Å². The number of fused-ring (bicyclic) bond motifs is 1. The van der Waals surface area contributed by atoms with Gasteiger partial charge in [-0.25, -0.2) is 4.79 Å². The van der Waals surface area contributed by atoms with Crippen molar-refractivity contribution in [2.24, 2.45) is 0 Å². The molecule has 0 aliphatic carbocycles. The summed E-state index contributed by atoms with van der Waals surface area (Å²) in [5.74, 6) is 0.654. The molecule has 2 amide bonds. The van der Waals surface area contributed by atoms with Crippen molar-refractivity contribution in [1.82, 2.24) is 0 Å². The Balaban J connectivity index is 1.72. The Hall–Kier alpha value is -2.82. The summed E-state index contributed by atoms with van der Waals surface area (Å²) >= 11 is 0. The highest BCUT2D eigenvalue weighted by molar-refractivity contribution is 5.97. The first kappa shape index (κ1) is 16.1. The lowest BCUT2D eigenvalue weighted by atomic mass is 10.00. The average molecular weight is 324 g/mol. The second kappa shape index (κ2) is 7.17. The van der Waals surface area contributed by atoms with E-state index in [4.69, 9.17) is 4.74 Å². The van der Waals surface area contributed by atoms with E-state index in [0.29, 0.717) is 30.8 Å². The summed E-state index contributed by atoms with van der Waals surface area (Å²) in [6.07, 6.45) is 1.58. The van der Waals surface area contributed by atoms with Gasteiger partial charge in [0, 0.05) is 24.3 Å². The number of rotatable bonds is 4. The minimum Gasteiger partial charge on any atom is -0.410 e. The van der Waals surface area contributed by atoms with Crippen molar-refractivity contribution in [3.8, 4) is 5.75 Å². The highest BCUT2D eigenvalue weighted by Crippen LogP contribution is 2.30. The lowest BCUT2D eigenvalue weighted by Crippen LogP contribution is -2.35. The molecular formula is C19H20N2O3. The molecule has 1 heterocycles. The van der Waals surface area contributed by atoms with Gasteiger partial charge in [0.15, 0.2) is 0 Å². The minimum absolute atomic E-state index is 0.161. The minimum atomic E-state index is -0.529. The topological polar surface area (TPSA) is 58.6 Å². The van der Waals surface area contributed by atoms with Crippen molar-refractivity contribution in [2.45, 2.75) is 26.2 Å². The third-order valence-corrected chi connectivity index (χ3v) is 3.93. The third kappa shape index (κ3) is 3.56. The maximum Gasteiger partial charge on any atom is 0.417 e. The van der Waals surface area contributed by atoms with Crippen LogP contribution in [0.1, 0.15) is 25.3 Å². The fraction of sp³-hybridized carbons (Fsp3) is 0.263. The van der Waals surface area contributed by atoms with Crippen LogP contribution in [0.15, 0.2) is 48.5 Å². The first-order valence-electron chi connectivity index (χ1n) is 8.14. The Labute approximate surface area is 141 Å². The number of carbonyl (C=O) groups excluding carboxylic acids is 2. The summed E-state index contributed by atoms with van der Waals surface area (Å²) in [6.45, 7) is 2.77. The zero-order chi connectivity index (χ0) is 16.9. The molecular weight excluding hydrogens is 304 g/mol. The number of benzene rings is 2. The Morgan fingerprint density at radius 1 is 1.17 bits per heavy atom. The quantitative estimate of drug-likeness (QED) is 0.925. The summed E-state index contributed by atoms with van der Waals surface area (Å²) in [4.78, 5) is 25.8. The van der Waals surface area contributed by atoms with E-state index in [1.165, 1.54) is 0 Å². The normalized spacial score (nSPS) is 13.4. The number of carbonyl (C=O) groups is 2. The molecule has 0 fully saturated rings. The van der Waals surface area contributed by atoms with Crippen molar-refractivity contribution in [3.63, 3.8) is 0 Å². The van der Waals surface area contributed by atoms with Gasteiger partial charge in [0.1, 0.15) is 5.75 Å². The summed E-state index contributed by atoms with van der Waals surface area (Å²) in [5.41, 5.74) is 2.68. The Kier molecular flexibility index (Phi) is 4.79. The van der Waals surface area contributed by atoms with Gasteiger partial charge < -0.3 is 9.64 Å². The molecule has 1 aliphatic heterocycles. The predicted molar refractivity (Wildman–Crippen MR) is 93.5 cm³/mol. The molecule has 24 heavy (non-hydrogen) atoms. The number of hydrogen-bond donors (Lipinski definition) is 1. The van der Waals surface area contributed by atoms with Crippen LogP contribution in [0.2, 0.25) is 0 Å². The molecule has 124 valence electrons. The largest absolute Gasteiger partial charge is 0.417 e. The highest BCUT2D eigenvalue weighted by Gasteiger charge is 2.23. The number of nitrogens with one attached hydrogen (secondary N) is 1. The fourth-order valence-corrected chi connectivity index (χ4v) is 2.85. The van der Waals surface area contributed by atoms with Gasteiger partial charge in [-0.2, -0.15) is 0 Å². The molecule has 0 saturated carbocycles. The Bertz CT molecular complexity index is 744. The molecule has 2 aromatic rings. The van der Waals surface area contributed by atoms with Gasteiger partial charge in [-0.15, -0.1) is 0 Å². The summed E-state index contributed by atoms with van der Waals surface area (Å²) in [7, 11) is 0. The predicted octanol–water partition coefficient (Wildman–Crippen LogP) is 3.99. The first-order chi connectivity index (χ1) is 11.7. The average Bonchev–Trinajstić information content (AvgIpc) is 2.58. The van der Waals surface area contributed by atoms with Crippen molar-refractivity contribution in [3.05, 3.63) is 54.1 Å². The van der Waals surface area contributed by atoms with Crippen LogP contribution in [0.25, 0.3) is 0 Å². The van der Waals surface area contributed by atoms with Crippen molar-refractivity contribution < 1.29 is 14.3 Å². The van der Waals surface area contributed by atoms with Gasteiger partial charge >= 0.3 is 6.09 Å². The van der Waals surface area contributed by atoms with Crippen molar-refractivity contribution >= 4 is 23.4 Å². The van der Waals surface area contributed by atoms with Gasteiger partial charge in [0.05, 0.1) is 0 Å². The van der Waals surface area contributed by atoms with E-state index in [-0.39, 0.29) is 5.91 Å². The van der Waals surface area contributed by atoms with Crippen molar-refractivity contribution in [2.75, 3.05) is 16.8 Å². The Morgan fingerprint density at radius 2 is 1.96 bits per heavy atom. The number of hydrogen-bond acceptors (Lipinski definition) is 3. The number of ether oxygens (including phenoxy) is 1. The zero-order valence-corrected chi connectivity index (χ0v) is 13.6. The molecule has 0 aromatic heterocycles. The molecule has 0 unspecified atom stereocenters. The van der Waals surface area contributed by atoms with Gasteiger partial charge in [0.2, 0.25) is 5.91 Å². The number of nitrogens with zero attached hydrogens (tertiary/aromatic N) is 1. The van der Waals surface area contributed by atoms with Crippen LogP contribution in [0.4, 0.5) is 16.2 Å². The maximum atomic E-state index is 12.0. The molecule has 1 N–H and O–H groups in total. The SMILES string of the molecule is CCCN1C(=O)CCc2cc(NC(=O)Oc3ccccc3)ccc21. The zero-order valence-electron chi connectivity index (χ0n) is 13.6. The fourth-order valence-electron chi connectivity index (χ4n) is 2.85. The van der Waals surface area contributed by atoms with Crippen LogP contribution in [-0.4, -0.2) is 18.5 Å². The monoisotopic (exact) mass is 324 g/mol. The molecule has 0 bridgehead atoms. The molecule has 1 aliphatic rings. The Morgan fingerprint density at radius 3 is 2.71 bits per heavy atom. The van der Waals surface area contributed by atoms with E-state index < -0.39 is 6.09 Å². The summed E-state index contributed by atoms with van der Waals surface area (Å²) in [5, 5.41) is 2.73. The van der Waals surface area contributed by atoms with E-state index in [2.05, 4.69) is 12.2 Å².